The van der Waals surface area contributed by atoms with Gasteiger partial charge in [0, 0.05) is 35.3 Å². The van der Waals surface area contributed by atoms with Gasteiger partial charge >= 0.3 is 5.92 Å². The first-order chi connectivity index (χ1) is 12.5. The number of hydrogen-bond acceptors (Lipinski definition) is 4. The largest absolute Gasteiger partial charge is 0.496 e. The fourth-order valence-electron chi connectivity index (χ4n) is 2.39. The zero-order valence-corrected chi connectivity index (χ0v) is 13.8. The molecular formula is C19H15F3N2O2. The summed E-state index contributed by atoms with van der Waals surface area (Å²) in [5, 5.41) is 0. The molecule has 0 unspecified atom stereocenters. The highest BCUT2D eigenvalue weighted by Gasteiger charge is 2.31. The number of ether oxygens (including phenoxy) is 2. The lowest BCUT2D eigenvalue weighted by Crippen LogP contribution is -2.15. The highest BCUT2D eigenvalue weighted by Crippen LogP contribution is 2.36. The van der Waals surface area contributed by atoms with E-state index in [-0.39, 0.29) is 5.88 Å². The maximum absolute atomic E-state index is 13.4. The lowest BCUT2D eigenvalue weighted by Gasteiger charge is -2.14. The van der Waals surface area contributed by atoms with Crippen LogP contribution >= 0.6 is 0 Å². The summed E-state index contributed by atoms with van der Waals surface area (Å²) in [7, 11) is 1.54. The molecule has 2 heterocycles. The molecule has 0 N–H and O–H groups in total. The summed E-state index contributed by atoms with van der Waals surface area (Å²) in [5.41, 5.74) is 0.900. The average Bonchev–Trinajstić information content (AvgIpc) is 2.69. The van der Waals surface area contributed by atoms with Crippen molar-refractivity contribution in [1.82, 2.24) is 9.97 Å². The second-order valence-electron chi connectivity index (χ2n) is 5.40. The summed E-state index contributed by atoms with van der Waals surface area (Å²) in [6.07, 6.45) is 4.77. The summed E-state index contributed by atoms with van der Waals surface area (Å²) in [6, 6.07) is 10.2. The van der Waals surface area contributed by atoms with Gasteiger partial charge in [-0.25, -0.2) is 9.37 Å². The van der Waals surface area contributed by atoms with Gasteiger partial charge in [0.05, 0.1) is 7.11 Å². The van der Waals surface area contributed by atoms with Crippen LogP contribution in [0.3, 0.4) is 0 Å². The summed E-state index contributed by atoms with van der Waals surface area (Å²) >= 11 is 0. The molecular weight excluding hydrogens is 345 g/mol. The summed E-state index contributed by atoms with van der Waals surface area (Å²) in [6.45, 7) is -1.75. The predicted octanol–water partition coefficient (Wildman–Crippen LogP) is 5.01. The van der Waals surface area contributed by atoms with Crippen molar-refractivity contribution in [2.45, 2.75) is 5.92 Å². The molecule has 0 amide bonds. The van der Waals surface area contributed by atoms with E-state index >= 15 is 0 Å². The van der Waals surface area contributed by atoms with Crippen LogP contribution in [0.1, 0.15) is 5.56 Å². The molecule has 0 saturated carbocycles. The van der Waals surface area contributed by atoms with E-state index in [1.54, 1.807) is 43.9 Å². The number of nitrogens with zero attached hydrogens (tertiary/aromatic N) is 2. The zero-order valence-electron chi connectivity index (χ0n) is 13.8. The van der Waals surface area contributed by atoms with Crippen LogP contribution in [0, 0.1) is 0 Å². The number of aromatic nitrogens is 2. The van der Waals surface area contributed by atoms with Crippen molar-refractivity contribution in [3.63, 3.8) is 0 Å². The van der Waals surface area contributed by atoms with E-state index in [2.05, 4.69) is 9.97 Å². The third kappa shape index (κ3) is 3.61. The Morgan fingerprint density at radius 2 is 1.77 bits per heavy atom. The Morgan fingerprint density at radius 1 is 1.00 bits per heavy atom. The highest BCUT2D eigenvalue weighted by molar-refractivity contribution is 5.73. The third-order valence-corrected chi connectivity index (χ3v) is 3.72. The molecule has 0 aliphatic rings. The van der Waals surface area contributed by atoms with E-state index < -0.39 is 18.2 Å². The molecule has 1 aromatic carbocycles. The number of pyridine rings is 2. The standard InChI is InChI=1S/C19H15F3N2O2/c1-25-17-8-10-23-11-16(17)15-3-2-9-24-18(15)26-14-6-4-13(5-7-14)19(21,22)12-20/h2-11H,12H2,1H3. The van der Waals surface area contributed by atoms with E-state index in [4.69, 9.17) is 9.47 Å². The molecule has 0 radical (unpaired) electrons. The minimum atomic E-state index is -3.52. The van der Waals surface area contributed by atoms with Crippen LogP contribution in [0.4, 0.5) is 13.2 Å². The predicted molar refractivity (Wildman–Crippen MR) is 90.4 cm³/mol. The normalized spacial score (nSPS) is 11.2. The van der Waals surface area contributed by atoms with E-state index in [9.17, 15) is 13.2 Å². The molecule has 134 valence electrons. The molecule has 7 heteroatoms. The van der Waals surface area contributed by atoms with Crippen LogP contribution in [-0.4, -0.2) is 23.8 Å². The second kappa shape index (κ2) is 7.43. The van der Waals surface area contributed by atoms with Crippen LogP contribution in [0.25, 0.3) is 11.1 Å². The minimum absolute atomic E-state index is 0.267. The van der Waals surface area contributed by atoms with Gasteiger partial charge in [0.1, 0.15) is 11.5 Å². The maximum atomic E-state index is 13.4. The number of alkyl halides is 3. The molecule has 0 saturated heterocycles. The zero-order chi connectivity index (χ0) is 18.6. The van der Waals surface area contributed by atoms with Gasteiger partial charge in [0.15, 0.2) is 6.67 Å². The van der Waals surface area contributed by atoms with Gasteiger partial charge < -0.3 is 9.47 Å². The third-order valence-electron chi connectivity index (χ3n) is 3.72. The van der Waals surface area contributed by atoms with Crippen molar-refractivity contribution < 1.29 is 22.6 Å². The molecule has 3 rings (SSSR count). The number of methoxy groups -OCH3 is 1. The monoisotopic (exact) mass is 360 g/mol. The SMILES string of the molecule is COc1ccncc1-c1cccnc1Oc1ccc(C(F)(F)CF)cc1. The fourth-order valence-corrected chi connectivity index (χ4v) is 2.39. The smallest absolute Gasteiger partial charge is 0.301 e. The Balaban J connectivity index is 1.92. The lowest BCUT2D eigenvalue weighted by atomic mass is 10.1. The average molecular weight is 360 g/mol. The molecule has 3 aromatic rings. The first-order valence-corrected chi connectivity index (χ1v) is 7.70. The Labute approximate surface area is 148 Å². The van der Waals surface area contributed by atoms with Crippen LogP contribution in [0.15, 0.2) is 61.1 Å². The fraction of sp³-hybridized carbons (Fsp3) is 0.158. The van der Waals surface area contributed by atoms with Crippen LogP contribution in [-0.2, 0) is 5.92 Å². The van der Waals surface area contributed by atoms with Gasteiger partial charge in [-0.1, -0.05) is 0 Å². The number of hydrogen-bond donors (Lipinski definition) is 0. The Hall–Kier alpha value is -3.09. The van der Waals surface area contributed by atoms with Crippen molar-refractivity contribution in [2.75, 3.05) is 13.8 Å². The maximum Gasteiger partial charge on any atom is 0.301 e. The van der Waals surface area contributed by atoms with E-state index in [1.165, 1.54) is 12.1 Å². The van der Waals surface area contributed by atoms with Crippen LogP contribution in [0.2, 0.25) is 0 Å². The van der Waals surface area contributed by atoms with Crippen LogP contribution in [0.5, 0.6) is 17.4 Å². The number of rotatable bonds is 6. The van der Waals surface area contributed by atoms with Crippen molar-refractivity contribution in [3.05, 3.63) is 66.6 Å². The van der Waals surface area contributed by atoms with Crippen molar-refractivity contribution in [1.29, 1.82) is 0 Å². The lowest BCUT2D eigenvalue weighted by molar-refractivity contribution is -0.0281. The van der Waals surface area contributed by atoms with Gasteiger partial charge in [0.25, 0.3) is 0 Å². The molecule has 0 spiro atoms. The highest BCUT2D eigenvalue weighted by atomic mass is 19.3. The number of halogens is 3. The summed E-state index contributed by atoms with van der Waals surface area (Å²) < 4.78 is 50.2. The molecule has 0 aliphatic heterocycles. The molecule has 2 aromatic heterocycles. The van der Waals surface area contributed by atoms with Crippen molar-refractivity contribution in [2.24, 2.45) is 0 Å². The summed E-state index contributed by atoms with van der Waals surface area (Å²) in [5.74, 6) is -2.36. The first-order valence-electron chi connectivity index (χ1n) is 7.70. The van der Waals surface area contributed by atoms with Gasteiger partial charge in [-0.05, 0) is 42.5 Å². The molecule has 0 fully saturated rings. The molecule has 0 bridgehead atoms. The number of benzene rings is 1. The molecule has 0 aliphatic carbocycles. The quantitative estimate of drug-likeness (QED) is 0.620. The summed E-state index contributed by atoms with van der Waals surface area (Å²) in [4.78, 5) is 8.28. The Bertz CT molecular complexity index is 886. The minimum Gasteiger partial charge on any atom is -0.496 e. The second-order valence-corrected chi connectivity index (χ2v) is 5.40. The molecule has 0 atom stereocenters. The van der Waals surface area contributed by atoms with Gasteiger partial charge in [-0.15, -0.1) is 0 Å². The van der Waals surface area contributed by atoms with Gasteiger partial charge in [-0.2, -0.15) is 8.78 Å². The van der Waals surface area contributed by atoms with Crippen LogP contribution < -0.4 is 9.47 Å². The van der Waals surface area contributed by atoms with Gasteiger partial charge in [0.2, 0.25) is 5.88 Å². The Kier molecular flexibility index (Phi) is 5.06. The first kappa shape index (κ1) is 17.7. The molecule has 26 heavy (non-hydrogen) atoms. The van der Waals surface area contributed by atoms with Gasteiger partial charge in [-0.3, -0.25) is 4.98 Å². The Morgan fingerprint density at radius 3 is 2.46 bits per heavy atom. The van der Waals surface area contributed by atoms with E-state index in [0.717, 1.165) is 12.1 Å². The van der Waals surface area contributed by atoms with E-state index in [1.807, 2.05) is 0 Å². The van der Waals surface area contributed by atoms with Crippen molar-refractivity contribution >= 4 is 0 Å². The van der Waals surface area contributed by atoms with Crippen molar-refractivity contribution in [3.8, 4) is 28.5 Å². The molecule has 4 nitrogen and oxygen atoms in total. The topological polar surface area (TPSA) is 44.2 Å². The van der Waals surface area contributed by atoms with E-state index in [0.29, 0.717) is 22.6 Å².